The smallest absolute Gasteiger partial charge is 0.219 e. The summed E-state index contributed by atoms with van der Waals surface area (Å²) in [5, 5.41) is 8.25. The summed E-state index contributed by atoms with van der Waals surface area (Å²) >= 11 is 0. The first-order valence-corrected chi connectivity index (χ1v) is 3.19. The third-order valence-electron chi connectivity index (χ3n) is 1.45. The fraction of sp³-hybridized carbons (Fsp3) is 0.571. The van der Waals surface area contributed by atoms with Crippen molar-refractivity contribution in [3.63, 3.8) is 0 Å². The van der Waals surface area contributed by atoms with Gasteiger partial charge in [-0.05, 0) is 0 Å². The van der Waals surface area contributed by atoms with Gasteiger partial charge >= 0.3 is 0 Å². The highest BCUT2D eigenvalue weighted by Gasteiger charge is 2.14. The second-order valence-corrected chi connectivity index (χ2v) is 2.20. The van der Waals surface area contributed by atoms with Crippen LogP contribution in [0.4, 0.5) is 0 Å². The standard InChI is InChI=1S/C7H10N2O2/c1-6(11)9(2)7(5-10)3-4-8/h5,7H,3H2,1-2H3. The highest BCUT2D eigenvalue weighted by atomic mass is 16.2. The van der Waals surface area contributed by atoms with E-state index in [2.05, 4.69) is 0 Å². The molecule has 0 aromatic rings. The molecule has 60 valence electrons. The van der Waals surface area contributed by atoms with Crippen molar-refractivity contribution in [3.05, 3.63) is 0 Å². The second kappa shape index (κ2) is 4.45. The summed E-state index contributed by atoms with van der Waals surface area (Å²) in [6.45, 7) is 1.36. The molecule has 0 aromatic heterocycles. The Bertz CT molecular complexity index is 195. The SMILES string of the molecule is CC(=O)N(C)C(C=O)CC#N. The molecule has 4 nitrogen and oxygen atoms in total. The first-order valence-electron chi connectivity index (χ1n) is 3.19. The Hall–Kier alpha value is -1.37. The highest BCUT2D eigenvalue weighted by molar-refractivity contribution is 5.77. The number of nitrogens with zero attached hydrogens (tertiary/aromatic N) is 2. The van der Waals surface area contributed by atoms with E-state index in [1.54, 1.807) is 0 Å². The second-order valence-electron chi connectivity index (χ2n) is 2.20. The van der Waals surface area contributed by atoms with Gasteiger partial charge in [-0.15, -0.1) is 0 Å². The molecule has 0 N–H and O–H groups in total. The number of carbonyl (C=O) groups is 2. The third kappa shape index (κ3) is 2.80. The Morgan fingerprint density at radius 1 is 1.82 bits per heavy atom. The topological polar surface area (TPSA) is 61.2 Å². The van der Waals surface area contributed by atoms with Gasteiger partial charge in [-0.2, -0.15) is 5.26 Å². The predicted octanol–water partition coefficient (Wildman–Crippen LogP) is -0.0541. The van der Waals surface area contributed by atoms with Gasteiger partial charge in [0, 0.05) is 14.0 Å². The molecule has 1 amide bonds. The van der Waals surface area contributed by atoms with Crippen LogP contribution in [-0.4, -0.2) is 30.2 Å². The van der Waals surface area contributed by atoms with Gasteiger partial charge in [0.25, 0.3) is 0 Å². The van der Waals surface area contributed by atoms with Crippen LogP contribution in [0.15, 0.2) is 0 Å². The van der Waals surface area contributed by atoms with Crippen LogP contribution in [0.5, 0.6) is 0 Å². The Morgan fingerprint density at radius 3 is 2.64 bits per heavy atom. The lowest BCUT2D eigenvalue weighted by atomic mass is 10.2. The van der Waals surface area contributed by atoms with Crippen molar-refractivity contribution < 1.29 is 9.59 Å². The van der Waals surface area contributed by atoms with Crippen LogP contribution in [-0.2, 0) is 9.59 Å². The van der Waals surface area contributed by atoms with Gasteiger partial charge in [0.15, 0.2) is 0 Å². The zero-order chi connectivity index (χ0) is 8.85. The van der Waals surface area contributed by atoms with Gasteiger partial charge in [0.05, 0.1) is 18.5 Å². The van der Waals surface area contributed by atoms with Gasteiger partial charge in [0.2, 0.25) is 5.91 Å². The molecule has 1 unspecified atom stereocenters. The average molecular weight is 154 g/mol. The minimum Gasteiger partial charge on any atom is -0.335 e. The zero-order valence-electron chi connectivity index (χ0n) is 6.57. The molecule has 0 aliphatic heterocycles. The lowest BCUT2D eigenvalue weighted by Gasteiger charge is -2.19. The normalized spacial score (nSPS) is 11.4. The fourth-order valence-electron chi connectivity index (χ4n) is 0.603. The lowest BCUT2D eigenvalue weighted by molar-refractivity contribution is -0.132. The summed E-state index contributed by atoms with van der Waals surface area (Å²) in [4.78, 5) is 22.2. The Balaban J connectivity index is 4.15. The largest absolute Gasteiger partial charge is 0.335 e. The predicted molar refractivity (Wildman–Crippen MR) is 38.5 cm³/mol. The molecule has 0 aliphatic rings. The van der Waals surface area contributed by atoms with Crippen molar-refractivity contribution in [2.24, 2.45) is 0 Å². The Labute approximate surface area is 65.4 Å². The molecule has 0 rings (SSSR count). The number of likely N-dealkylation sites (N-methyl/N-ethyl adjacent to an activating group) is 1. The summed E-state index contributed by atoms with van der Waals surface area (Å²) in [6, 6.07) is 1.23. The molecule has 0 spiro atoms. The molecule has 0 bridgehead atoms. The number of hydrogen-bond acceptors (Lipinski definition) is 3. The van der Waals surface area contributed by atoms with Crippen LogP contribution >= 0.6 is 0 Å². The van der Waals surface area contributed by atoms with E-state index in [-0.39, 0.29) is 12.3 Å². The zero-order valence-corrected chi connectivity index (χ0v) is 6.57. The molecule has 0 radical (unpaired) electrons. The van der Waals surface area contributed by atoms with Gasteiger partial charge in [-0.1, -0.05) is 0 Å². The number of amides is 1. The van der Waals surface area contributed by atoms with Crippen molar-refractivity contribution >= 4 is 12.2 Å². The van der Waals surface area contributed by atoms with Crippen molar-refractivity contribution in [2.45, 2.75) is 19.4 Å². The molecule has 1 atom stereocenters. The first kappa shape index (κ1) is 9.63. The van der Waals surface area contributed by atoms with E-state index in [4.69, 9.17) is 5.26 Å². The van der Waals surface area contributed by atoms with E-state index in [0.29, 0.717) is 6.29 Å². The molecule has 4 heteroatoms. The molecule has 0 saturated heterocycles. The third-order valence-corrected chi connectivity index (χ3v) is 1.45. The molecule has 0 heterocycles. The van der Waals surface area contributed by atoms with E-state index in [0.717, 1.165) is 0 Å². The van der Waals surface area contributed by atoms with Crippen LogP contribution in [0.1, 0.15) is 13.3 Å². The van der Waals surface area contributed by atoms with Crippen LogP contribution in [0.2, 0.25) is 0 Å². The lowest BCUT2D eigenvalue weighted by Crippen LogP contribution is -2.36. The minimum absolute atomic E-state index is 0.0551. The average Bonchev–Trinajstić information content (AvgIpc) is 1.98. The maximum Gasteiger partial charge on any atom is 0.219 e. The van der Waals surface area contributed by atoms with E-state index < -0.39 is 6.04 Å². The van der Waals surface area contributed by atoms with Crippen LogP contribution in [0.3, 0.4) is 0 Å². The summed E-state index contributed by atoms with van der Waals surface area (Å²) in [7, 11) is 1.50. The van der Waals surface area contributed by atoms with Crippen LogP contribution in [0.25, 0.3) is 0 Å². The number of carbonyl (C=O) groups excluding carboxylic acids is 2. The molecule has 11 heavy (non-hydrogen) atoms. The van der Waals surface area contributed by atoms with Crippen molar-refractivity contribution in [3.8, 4) is 6.07 Å². The van der Waals surface area contributed by atoms with Crippen molar-refractivity contribution in [2.75, 3.05) is 7.05 Å². The quantitative estimate of drug-likeness (QED) is 0.535. The molecule has 0 aliphatic carbocycles. The maximum atomic E-state index is 10.7. The molecular weight excluding hydrogens is 144 g/mol. The van der Waals surface area contributed by atoms with Crippen LogP contribution in [0, 0.1) is 11.3 Å². The Morgan fingerprint density at radius 2 is 2.36 bits per heavy atom. The van der Waals surface area contributed by atoms with E-state index in [1.807, 2.05) is 6.07 Å². The van der Waals surface area contributed by atoms with Crippen molar-refractivity contribution in [1.29, 1.82) is 5.26 Å². The highest BCUT2D eigenvalue weighted by Crippen LogP contribution is 1.97. The van der Waals surface area contributed by atoms with E-state index >= 15 is 0 Å². The van der Waals surface area contributed by atoms with Gasteiger partial charge in [-0.25, -0.2) is 0 Å². The molecule has 0 fully saturated rings. The number of nitriles is 1. The number of hydrogen-bond donors (Lipinski definition) is 0. The Kier molecular flexibility index (Phi) is 3.89. The fourth-order valence-corrected chi connectivity index (χ4v) is 0.603. The van der Waals surface area contributed by atoms with Gasteiger partial charge in [0.1, 0.15) is 6.29 Å². The van der Waals surface area contributed by atoms with Gasteiger partial charge < -0.3 is 9.69 Å². The first-order chi connectivity index (χ1) is 5.13. The maximum absolute atomic E-state index is 10.7. The minimum atomic E-state index is -0.600. The van der Waals surface area contributed by atoms with Gasteiger partial charge in [-0.3, -0.25) is 4.79 Å². The summed E-state index contributed by atoms with van der Waals surface area (Å²) in [6.07, 6.45) is 0.657. The summed E-state index contributed by atoms with van der Waals surface area (Å²) in [5.41, 5.74) is 0. The summed E-state index contributed by atoms with van der Waals surface area (Å²) < 4.78 is 0. The van der Waals surface area contributed by atoms with E-state index in [1.165, 1.54) is 18.9 Å². The molecular formula is C7H10N2O2. The van der Waals surface area contributed by atoms with E-state index in [9.17, 15) is 9.59 Å². The van der Waals surface area contributed by atoms with Crippen molar-refractivity contribution in [1.82, 2.24) is 4.90 Å². The monoisotopic (exact) mass is 154 g/mol. The number of aldehydes is 1. The number of rotatable bonds is 3. The summed E-state index contributed by atoms with van der Waals surface area (Å²) in [5.74, 6) is -0.211. The van der Waals surface area contributed by atoms with Crippen LogP contribution < -0.4 is 0 Å². The molecule has 0 aromatic carbocycles. The molecule has 0 saturated carbocycles.